The zero-order valence-electron chi connectivity index (χ0n) is 14.3. The molecule has 0 bridgehead atoms. The average Bonchev–Trinajstić information content (AvgIpc) is 2.73. The van der Waals surface area contributed by atoms with Crippen molar-refractivity contribution in [1.82, 2.24) is 0 Å². The van der Waals surface area contributed by atoms with E-state index in [2.05, 4.69) is 117 Å². The highest BCUT2D eigenvalue weighted by Crippen LogP contribution is 2.36. The second-order valence-electron chi connectivity index (χ2n) is 6.32. The molecule has 0 aliphatic heterocycles. The molecular formula is C24H18Br2. The van der Waals surface area contributed by atoms with Gasteiger partial charge >= 0.3 is 0 Å². The molecule has 0 aliphatic carbocycles. The predicted molar refractivity (Wildman–Crippen MR) is 120 cm³/mol. The minimum atomic E-state index is 0.855. The highest BCUT2D eigenvalue weighted by Gasteiger charge is 2.12. The molecule has 0 heterocycles. The molecule has 2 heteroatoms. The van der Waals surface area contributed by atoms with Gasteiger partial charge < -0.3 is 0 Å². The van der Waals surface area contributed by atoms with Crippen LogP contribution < -0.4 is 0 Å². The maximum absolute atomic E-state index is 3.67. The molecule has 0 atom stereocenters. The quantitative estimate of drug-likeness (QED) is 0.268. The fraction of sp³-hybridized carbons (Fsp3) is 0.0833. The molecule has 0 saturated carbocycles. The van der Waals surface area contributed by atoms with Gasteiger partial charge in [-0.05, 0) is 50.2 Å². The van der Waals surface area contributed by atoms with Gasteiger partial charge in [-0.15, -0.1) is 0 Å². The summed E-state index contributed by atoms with van der Waals surface area (Å²) in [7, 11) is 0. The van der Waals surface area contributed by atoms with Crippen LogP contribution in [0.4, 0.5) is 0 Å². The summed E-state index contributed by atoms with van der Waals surface area (Å²) in [5.74, 6) is 0. The van der Waals surface area contributed by atoms with E-state index in [1.165, 1.54) is 44.2 Å². The zero-order chi connectivity index (χ0) is 17.9. The van der Waals surface area contributed by atoms with Gasteiger partial charge in [0.2, 0.25) is 0 Å². The van der Waals surface area contributed by atoms with Crippen molar-refractivity contribution in [2.45, 2.75) is 10.7 Å². The van der Waals surface area contributed by atoms with Crippen molar-refractivity contribution in [1.29, 1.82) is 0 Å². The first-order chi connectivity index (χ1) is 12.8. The molecule has 0 unspecified atom stereocenters. The Morgan fingerprint density at radius 1 is 0.538 bits per heavy atom. The van der Waals surface area contributed by atoms with E-state index in [9.17, 15) is 0 Å². The molecule has 0 aliphatic rings. The monoisotopic (exact) mass is 464 g/mol. The molecule has 0 nitrogen and oxygen atoms in total. The molecule has 4 rings (SSSR count). The number of alkyl halides is 2. The van der Waals surface area contributed by atoms with Gasteiger partial charge in [-0.3, -0.25) is 0 Å². The Morgan fingerprint density at radius 3 is 1.77 bits per heavy atom. The van der Waals surface area contributed by atoms with Crippen molar-refractivity contribution in [3.05, 3.63) is 96.1 Å². The van der Waals surface area contributed by atoms with Crippen molar-refractivity contribution in [3.63, 3.8) is 0 Å². The number of hydrogen-bond acceptors (Lipinski definition) is 0. The minimum Gasteiger partial charge on any atom is -0.0876 e. The van der Waals surface area contributed by atoms with E-state index in [1.54, 1.807) is 0 Å². The van der Waals surface area contributed by atoms with Crippen molar-refractivity contribution in [3.8, 4) is 22.3 Å². The molecular weight excluding hydrogens is 448 g/mol. The van der Waals surface area contributed by atoms with Crippen LogP contribution in [0.3, 0.4) is 0 Å². The highest BCUT2D eigenvalue weighted by molar-refractivity contribution is 9.09. The molecule has 0 aromatic heterocycles. The summed E-state index contributed by atoms with van der Waals surface area (Å²) in [6, 6.07) is 30.4. The van der Waals surface area contributed by atoms with Crippen molar-refractivity contribution >= 4 is 42.6 Å². The second-order valence-corrected chi connectivity index (χ2v) is 7.44. The largest absolute Gasteiger partial charge is 0.0876 e. The van der Waals surface area contributed by atoms with Crippen molar-refractivity contribution in [2.24, 2.45) is 0 Å². The van der Waals surface area contributed by atoms with Crippen LogP contribution in [-0.2, 0) is 10.7 Å². The van der Waals surface area contributed by atoms with Crippen molar-refractivity contribution < 1.29 is 0 Å². The Bertz CT molecular complexity index is 1030. The fourth-order valence-electron chi connectivity index (χ4n) is 3.48. The number of rotatable bonds is 4. The van der Waals surface area contributed by atoms with E-state index >= 15 is 0 Å². The Kier molecular flexibility index (Phi) is 5.23. The molecule has 4 aromatic carbocycles. The van der Waals surface area contributed by atoms with E-state index in [-0.39, 0.29) is 0 Å². The van der Waals surface area contributed by atoms with Gasteiger partial charge in [-0.2, -0.15) is 0 Å². The van der Waals surface area contributed by atoms with Gasteiger partial charge in [0.15, 0.2) is 0 Å². The maximum Gasteiger partial charge on any atom is 0.0292 e. The molecule has 26 heavy (non-hydrogen) atoms. The van der Waals surface area contributed by atoms with Crippen LogP contribution in [-0.4, -0.2) is 0 Å². The SMILES string of the molecule is BrCc1cc(-c2ccc(-c3ccccc3)cc2)c2ccccc2c1CBr. The molecule has 0 saturated heterocycles. The molecule has 128 valence electrons. The Hall–Kier alpha value is -1.90. The lowest BCUT2D eigenvalue weighted by molar-refractivity contribution is 1.34. The lowest BCUT2D eigenvalue weighted by atomic mass is 9.91. The van der Waals surface area contributed by atoms with Gasteiger partial charge in [-0.1, -0.05) is 111 Å². The standard InChI is InChI=1S/C24H18Br2/c25-15-20-14-23(21-8-4-5-9-22(21)24(20)16-26)19-12-10-18(11-13-19)17-6-2-1-3-7-17/h1-14H,15-16H2. The molecule has 4 aromatic rings. The molecule has 0 fully saturated rings. The highest BCUT2D eigenvalue weighted by atomic mass is 79.9. The van der Waals surface area contributed by atoms with Crippen LogP contribution >= 0.6 is 31.9 Å². The third kappa shape index (κ3) is 3.24. The first kappa shape index (κ1) is 17.5. The summed E-state index contributed by atoms with van der Waals surface area (Å²) < 4.78 is 0. The van der Waals surface area contributed by atoms with E-state index in [1.807, 2.05) is 0 Å². The van der Waals surface area contributed by atoms with Crippen LogP contribution in [0.25, 0.3) is 33.0 Å². The number of hydrogen-bond donors (Lipinski definition) is 0. The van der Waals surface area contributed by atoms with Crippen LogP contribution in [0.15, 0.2) is 84.9 Å². The number of benzene rings is 4. The van der Waals surface area contributed by atoms with E-state index < -0.39 is 0 Å². The average molecular weight is 466 g/mol. The molecule has 0 amide bonds. The smallest absolute Gasteiger partial charge is 0.0292 e. The fourth-order valence-corrected chi connectivity index (χ4v) is 4.64. The Balaban J connectivity index is 1.87. The van der Waals surface area contributed by atoms with Crippen molar-refractivity contribution in [2.75, 3.05) is 0 Å². The first-order valence-electron chi connectivity index (χ1n) is 8.63. The van der Waals surface area contributed by atoms with Crippen LogP contribution in [0, 0.1) is 0 Å². The van der Waals surface area contributed by atoms with Gasteiger partial charge in [0, 0.05) is 10.7 Å². The summed E-state index contributed by atoms with van der Waals surface area (Å²) in [6.45, 7) is 0. The lowest BCUT2D eigenvalue weighted by Gasteiger charge is -2.15. The summed E-state index contributed by atoms with van der Waals surface area (Å²) in [6.07, 6.45) is 0. The van der Waals surface area contributed by atoms with Crippen LogP contribution in [0.1, 0.15) is 11.1 Å². The Labute approximate surface area is 171 Å². The lowest BCUT2D eigenvalue weighted by Crippen LogP contribution is -1.93. The van der Waals surface area contributed by atoms with E-state index in [0.717, 1.165) is 10.7 Å². The third-order valence-corrected chi connectivity index (χ3v) is 5.99. The van der Waals surface area contributed by atoms with Crippen LogP contribution in [0.2, 0.25) is 0 Å². The zero-order valence-corrected chi connectivity index (χ0v) is 17.4. The summed E-state index contributed by atoms with van der Waals surface area (Å²) in [4.78, 5) is 0. The normalized spacial score (nSPS) is 11.0. The first-order valence-corrected chi connectivity index (χ1v) is 10.9. The minimum absolute atomic E-state index is 0.855. The predicted octanol–water partition coefficient (Wildman–Crippen LogP) is 7.96. The van der Waals surface area contributed by atoms with Crippen LogP contribution in [0.5, 0.6) is 0 Å². The summed E-state index contributed by atoms with van der Waals surface area (Å²) in [5, 5.41) is 4.35. The summed E-state index contributed by atoms with van der Waals surface area (Å²) in [5.41, 5.74) is 7.74. The number of fused-ring (bicyclic) bond motifs is 1. The van der Waals surface area contributed by atoms with Gasteiger partial charge in [0.05, 0.1) is 0 Å². The molecule has 0 N–H and O–H groups in total. The second kappa shape index (κ2) is 7.77. The molecule has 0 radical (unpaired) electrons. The van der Waals surface area contributed by atoms with Gasteiger partial charge in [0.1, 0.15) is 0 Å². The molecule has 0 spiro atoms. The number of halogens is 2. The van der Waals surface area contributed by atoms with E-state index in [0.29, 0.717) is 0 Å². The maximum atomic E-state index is 3.67. The third-order valence-electron chi connectivity index (χ3n) is 4.83. The Morgan fingerprint density at radius 2 is 1.12 bits per heavy atom. The van der Waals surface area contributed by atoms with E-state index in [4.69, 9.17) is 0 Å². The topological polar surface area (TPSA) is 0 Å². The summed E-state index contributed by atoms with van der Waals surface area (Å²) >= 11 is 7.33. The van der Waals surface area contributed by atoms with Gasteiger partial charge in [-0.25, -0.2) is 0 Å². The van der Waals surface area contributed by atoms with Gasteiger partial charge in [0.25, 0.3) is 0 Å².